The van der Waals surface area contributed by atoms with Crippen molar-refractivity contribution in [3.8, 4) is 5.75 Å². The summed E-state index contributed by atoms with van der Waals surface area (Å²) in [6.45, 7) is 10.1. The number of nitrogens with zero attached hydrogens (tertiary/aromatic N) is 3. The average molecular weight is 567 g/mol. The minimum Gasteiger partial charge on any atom is -0.494 e. The second-order valence-corrected chi connectivity index (χ2v) is 10.5. The van der Waals surface area contributed by atoms with Gasteiger partial charge in [0.1, 0.15) is 11.8 Å². The van der Waals surface area contributed by atoms with Crippen molar-refractivity contribution >= 4 is 46.5 Å². The molecule has 2 fully saturated rings. The standard InChI is InChI=1S/C30H38N4O5S/c1-4-38-25-12-10-24(11-13-25)34-28(36)26(33(30(34)40)19-18-32-16-14-21(3)15-17-32)20-27(35)31-23-8-6-22(7-9-23)29(37)39-5-2/h6-13,21,26H,4-5,14-20H2,1-3H3,(H,31,35)/t26-/m0/s1. The fourth-order valence-electron chi connectivity index (χ4n) is 5.01. The van der Waals surface area contributed by atoms with Gasteiger partial charge in [-0.25, -0.2) is 4.79 Å². The molecular formula is C30H38N4O5S. The third-order valence-corrected chi connectivity index (χ3v) is 7.73. The zero-order valence-electron chi connectivity index (χ0n) is 23.4. The Kier molecular flexibility index (Phi) is 10.1. The van der Waals surface area contributed by atoms with Gasteiger partial charge in [0.2, 0.25) is 5.91 Å². The van der Waals surface area contributed by atoms with Gasteiger partial charge in [-0.05, 0) is 106 Å². The van der Waals surface area contributed by atoms with Crippen molar-refractivity contribution in [1.82, 2.24) is 9.80 Å². The van der Waals surface area contributed by atoms with Crippen LogP contribution in [0, 0.1) is 5.92 Å². The van der Waals surface area contributed by atoms with Crippen molar-refractivity contribution in [3.63, 3.8) is 0 Å². The molecule has 2 aliphatic rings. The number of carbonyl (C=O) groups excluding carboxylic acids is 3. The van der Waals surface area contributed by atoms with Crippen LogP contribution in [-0.2, 0) is 14.3 Å². The van der Waals surface area contributed by atoms with E-state index in [1.54, 1.807) is 31.2 Å². The van der Waals surface area contributed by atoms with Crippen molar-refractivity contribution in [2.45, 2.75) is 46.1 Å². The quantitative estimate of drug-likeness (QED) is 0.318. The van der Waals surface area contributed by atoms with E-state index in [2.05, 4.69) is 17.1 Å². The molecule has 0 radical (unpaired) electrons. The Balaban J connectivity index is 1.47. The molecule has 0 spiro atoms. The topological polar surface area (TPSA) is 91.4 Å². The van der Waals surface area contributed by atoms with E-state index < -0.39 is 12.0 Å². The second kappa shape index (κ2) is 13.7. The van der Waals surface area contributed by atoms with E-state index in [0.717, 1.165) is 38.4 Å². The first-order chi connectivity index (χ1) is 19.3. The largest absolute Gasteiger partial charge is 0.494 e. The van der Waals surface area contributed by atoms with Crippen LogP contribution in [0.25, 0.3) is 0 Å². The summed E-state index contributed by atoms with van der Waals surface area (Å²) in [5.41, 5.74) is 1.58. The van der Waals surface area contributed by atoms with Gasteiger partial charge < -0.3 is 24.6 Å². The maximum absolute atomic E-state index is 13.7. The van der Waals surface area contributed by atoms with E-state index in [1.807, 2.05) is 36.1 Å². The van der Waals surface area contributed by atoms with E-state index in [-0.39, 0.29) is 24.8 Å². The highest BCUT2D eigenvalue weighted by Crippen LogP contribution is 2.29. The molecule has 2 amide bonds. The molecule has 0 unspecified atom stereocenters. The third kappa shape index (κ3) is 7.17. The van der Waals surface area contributed by atoms with E-state index >= 15 is 0 Å². The Morgan fingerprint density at radius 1 is 0.975 bits per heavy atom. The van der Waals surface area contributed by atoms with Crippen LogP contribution in [0.4, 0.5) is 11.4 Å². The maximum Gasteiger partial charge on any atom is 0.338 e. The second-order valence-electron chi connectivity index (χ2n) is 10.2. The number of hydrogen-bond acceptors (Lipinski definition) is 7. The molecule has 2 aromatic carbocycles. The molecule has 2 saturated heterocycles. The van der Waals surface area contributed by atoms with Crippen molar-refractivity contribution in [2.24, 2.45) is 5.92 Å². The molecular weight excluding hydrogens is 528 g/mol. The fraction of sp³-hybridized carbons (Fsp3) is 0.467. The smallest absolute Gasteiger partial charge is 0.338 e. The number of piperidine rings is 1. The predicted octanol–water partition coefficient (Wildman–Crippen LogP) is 4.32. The van der Waals surface area contributed by atoms with Crippen LogP contribution >= 0.6 is 12.2 Å². The van der Waals surface area contributed by atoms with Gasteiger partial charge >= 0.3 is 5.97 Å². The van der Waals surface area contributed by atoms with Gasteiger partial charge in [-0.3, -0.25) is 14.5 Å². The molecule has 0 bridgehead atoms. The molecule has 2 aromatic rings. The van der Waals surface area contributed by atoms with Gasteiger partial charge in [0.15, 0.2) is 5.11 Å². The summed E-state index contributed by atoms with van der Waals surface area (Å²) in [6.07, 6.45) is 2.26. The minimum atomic E-state index is -0.721. The Hall–Kier alpha value is -3.50. The van der Waals surface area contributed by atoms with Crippen molar-refractivity contribution in [2.75, 3.05) is 49.6 Å². The number of likely N-dealkylation sites (tertiary alicyclic amines) is 1. The van der Waals surface area contributed by atoms with Gasteiger partial charge in [-0.15, -0.1) is 0 Å². The number of thiocarbonyl (C=S) groups is 1. The van der Waals surface area contributed by atoms with Gasteiger partial charge in [0.05, 0.1) is 30.9 Å². The summed E-state index contributed by atoms with van der Waals surface area (Å²) in [5, 5.41) is 3.25. The first-order valence-electron chi connectivity index (χ1n) is 14.0. The molecule has 1 atom stereocenters. The number of amides is 2. The number of rotatable bonds is 11. The van der Waals surface area contributed by atoms with Crippen LogP contribution in [0.2, 0.25) is 0 Å². The monoisotopic (exact) mass is 566 g/mol. The first-order valence-corrected chi connectivity index (χ1v) is 14.4. The molecule has 4 rings (SSSR count). The molecule has 0 aliphatic carbocycles. The number of ether oxygens (including phenoxy) is 2. The Morgan fingerprint density at radius 3 is 2.27 bits per heavy atom. The Bertz CT molecular complexity index is 1200. The van der Waals surface area contributed by atoms with Gasteiger partial charge in [0, 0.05) is 18.8 Å². The lowest BCUT2D eigenvalue weighted by Crippen LogP contribution is -2.44. The molecule has 2 aliphatic heterocycles. The molecule has 1 N–H and O–H groups in total. The normalized spacial score (nSPS) is 18.2. The van der Waals surface area contributed by atoms with E-state index in [1.165, 1.54) is 4.90 Å². The van der Waals surface area contributed by atoms with Crippen LogP contribution in [0.5, 0.6) is 5.75 Å². The molecule has 214 valence electrons. The molecule has 9 nitrogen and oxygen atoms in total. The highest BCUT2D eigenvalue weighted by molar-refractivity contribution is 7.80. The van der Waals surface area contributed by atoms with Crippen LogP contribution < -0.4 is 15.0 Å². The highest BCUT2D eigenvalue weighted by Gasteiger charge is 2.44. The van der Waals surface area contributed by atoms with Crippen molar-refractivity contribution in [3.05, 3.63) is 54.1 Å². The number of esters is 1. The lowest BCUT2D eigenvalue weighted by molar-refractivity contribution is -0.124. The summed E-state index contributed by atoms with van der Waals surface area (Å²) in [7, 11) is 0. The maximum atomic E-state index is 13.7. The zero-order valence-corrected chi connectivity index (χ0v) is 24.2. The van der Waals surface area contributed by atoms with E-state index in [4.69, 9.17) is 21.7 Å². The third-order valence-electron chi connectivity index (χ3n) is 7.32. The highest BCUT2D eigenvalue weighted by atomic mass is 32.1. The molecule has 40 heavy (non-hydrogen) atoms. The van der Waals surface area contributed by atoms with Gasteiger partial charge in [0.25, 0.3) is 5.91 Å². The van der Waals surface area contributed by atoms with Crippen molar-refractivity contribution < 1.29 is 23.9 Å². The zero-order chi connectivity index (χ0) is 28.6. The van der Waals surface area contributed by atoms with Crippen LogP contribution in [0.15, 0.2) is 48.5 Å². The van der Waals surface area contributed by atoms with Crippen molar-refractivity contribution in [1.29, 1.82) is 0 Å². The predicted molar refractivity (Wildman–Crippen MR) is 159 cm³/mol. The number of anilines is 2. The van der Waals surface area contributed by atoms with E-state index in [9.17, 15) is 14.4 Å². The Morgan fingerprint density at radius 2 is 1.65 bits per heavy atom. The lowest BCUT2D eigenvalue weighted by Gasteiger charge is -2.32. The van der Waals surface area contributed by atoms with Crippen LogP contribution in [0.3, 0.4) is 0 Å². The number of nitrogens with one attached hydrogen (secondary N) is 1. The SMILES string of the molecule is CCOC(=O)c1ccc(NC(=O)C[C@H]2C(=O)N(c3ccc(OCC)cc3)C(=S)N2CCN2CCC(C)CC2)cc1. The summed E-state index contributed by atoms with van der Waals surface area (Å²) in [4.78, 5) is 44.6. The summed E-state index contributed by atoms with van der Waals surface area (Å²) in [6, 6.07) is 13.0. The van der Waals surface area contributed by atoms with Crippen LogP contribution in [0.1, 0.15) is 50.4 Å². The number of carbonyl (C=O) groups is 3. The summed E-state index contributed by atoms with van der Waals surface area (Å²) >= 11 is 5.82. The molecule has 0 saturated carbocycles. The Labute approximate surface area is 241 Å². The van der Waals surface area contributed by atoms with Gasteiger partial charge in [-0.2, -0.15) is 0 Å². The molecule has 10 heteroatoms. The minimum absolute atomic E-state index is 0.0524. The summed E-state index contributed by atoms with van der Waals surface area (Å²) < 4.78 is 10.6. The molecule has 2 heterocycles. The molecule has 0 aromatic heterocycles. The number of hydrogen-bond donors (Lipinski definition) is 1. The first kappa shape index (κ1) is 29.5. The van der Waals surface area contributed by atoms with E-state index in [0.29, 0.717) is 41.0 Å². The van der Waals surface area contributed by atoms with Crippen LogP contribution in [-0.4, -0.2) is 78.1 Å². The average Bonchev–Trinajstić information content (AvgIpc) is 3.17. The number of benzene rings is 2. The fourth-order valence-corrected chi connectivity index (χ4v) is 5.42. The van der Waals surface area contributed by atoms with Gasteiger partial charge in [-0.1, -0.05) is 6.92 Å². The summed E-state index contributed by atoms with van der Waals surface area (Å²) in [5.74, 6) is 0.483. The lowest BCUT2D eigenvalue weighted by atomic mass is 9.99.